The molecule has 1 aromatic carbocycles. The van der Waals surface area contributed by atoms with Gasteiger partial charge in [0.15, 0.2) is 0 Å². The Balaban J connectivity index is 1.85. The number of nitrogens with one attached hydrogen (secondary N) is 1. The monoisotopic (exact) mass is 375 g/mol. The van der Waals surface area contributed by atoms with Gasteiger partial charge >= 0.3 is 5.97 Å². The molecule has 0 unspecified atom stereocenters. The highest BCUT2D eigenvalue weighted by atomic mass is 16.5. The lowest BCUT2D eigenvalue weighted by Gasteiger charge is -2.29. The Kier molecular flexibility index (Phi) is 7.28. The molecule has 150 valence electrons. The fourth-order valence-corrected chi connectivity index (χ4v) is 3.42. The Morgan fingerprint density at radius 1 is 1.11 bits per heavy atom. The summed E-state index contributed by atoms with van der Waals surface area (Å²) in [4.78, 5) is 23.5. The topological polar surface area (TPSA) is 75.6 Å². The SMILES string of the molecule is CC(C)COc1ccc(C(C)(C)CNC(=O)C2CCC(C(=O)O)CC2)cc1. The molecule has 0 radical (unpaired) electrons. The standard InChI is InChI=1S/C22H33NO4/c1-15(2)13-27-19-11-9-18(10-12-19)22(3,4)14-23-20(24)16-5-7-17(8-6-16)21(25)26/h9-12,15-17H,5-8,13-14H2,1-4H3,(H,23,24)(H,25,26). The van der Waals surface area contributed by atoms with Crippen molar-refractivity contribution in [1.29, 1.82) is 0 Å². The molecule has 1 aliphatic carbocycles. The maximum atomic E-state index is 12.5. The molecule has 0 saturated heterocycles. The van der Waals surface area contributed by atoms with Gasteiger partial charge in [-0.05, 0) is 49.3 Å². The summed E-state index contributed by atoms with van der Waals surface area (Å²) in [6, 6.07) is 8.07. The van der Waals surface area contributed by atoms with Gasteiger partial charge in [-0.25, -0.2) is 0 Å². The van der Waals surface area contributed by atoms with Crippen LogP contribution in [0.4, 0.5) is 0 Å². The van der Waals surface area contributed by atoms with E-state index in [4.69, 9.17) is 9.84 Å². The molecule has 27 heavy (non-hydrogen) atoms. The van der Waals surface area contributed by atoms with Crippen molar-refractivity contribution < 1.29 is 19.4 Å². The molecule has 1 fully saturated rings. The number of amides is 1. The summed E-state index contributed by atoms with van der Waals surface area (Å²) in [6.07, 6.45) is 2.50. The van der Waals surface area contributed by atoms with Gasteiger partial charge in [0.1, 0.15) is 5.75 Å². The number of carboxylic acids is 1. The van der Waals surface area contributed by atoms with E-state index < -0.39 is 5.97 Å². The van der Waals surface area contributed by atoms with Crippen LogP contribution in [0.3, 0.4) is 0 Å². The van der Waals surface area contributed by atoms with Crippen molar-refractivity contribution in [2.75, 3.05) is 13.2 Å². The van der Waals surface area contributed by atoms with Crippen LogP contribution in [0.2, 0.25) is 0 Å². The van der Waals surface area contributed by atoms with Gasteiger partial charge in [-0.1, -0.05) is 39.8 Å². The van der Waals surface area contributed by atoms with Crippen molar-refractivity contribution >= 4 is 11.9 Å². The molecule has 1 amide bonds. The summed E-state index contributed by atoms with van der Waals surface area (Å²) in [5, 5.41) is 12.1. The number of aliphatic carboxylic acids is 1. The number of hydrogen-bond acceptors (Lipinski definition) is 3. The summed E-state index contributed by atoms with van der Waals surface area (Å²) in [7, 11) is 0. The van der Waals surface area contributed by atoms with Gasteiger partial charge in [0.05, 0.1) is 12.5 Å². The number of carboxylic acid groups (broad SMARTS) is 1. The summed E-state index contributed by atoms with van der Waals surface area (Å²) in [5.41, 5.74) is 0.958. The van der Waals surface area contributed by atoms with Crippen molar-refractivity contribution in [2.24, 2.45) is 17.8 Å². The van der Waals surface area contributed by atoms with E-state index in [2.05, 4.69) is 45.1 Å². The second kappa shape index (κ2) is 9.25. The van der Waals surface area contributed by atoms with Gasteiger partial charge in [0, 0.05) is 17.9 Å². The Labute approximate surface area is 162 Å². The van der Waals surface area contributed by atoms with E-state index >= 15 is 0 Å². The smallest absolute Gasteiger partial charge is 0.306 e. The van der Waals surface area contributed by atoms with Crippen LogP contribution >= 0.6 is 0 Å². The fourth-order valence-electron chi connectivity index (χ4n) is 3.42. The maximum Gasteiger partial charge on any atom is 0.306 e. The highest BCUT2D eigenvalue weighted by Crippen LogP contribution is 2.30. The highest BCUT2D eigenvalue weighted by molar-refractivity contribution is 5.79. The average molecular weight is 376 g/mol. The fraction of sp³-hybridized carbons (Fsp3) is 0.636. The zero-order valence-electron chi connectivity index (χ0n) is 17.0. The first-order chi connectivity index (χ1) is 12.7. The normalized spacial score (nSPS) is 20.3. The molecule has 1 aliphatic rings. The molecule has 2 N–H and O–H groups in total. The van der Waals surface area contributed by atoms with E-state index in [1.165, 1.54) is 0 Å². The minimum absolute atomic E-state index is 0.0452. The average Bonchev–Trinajstić information content (AvgIpc) is 2.65. The maximum absolute atomic E-state index is 12.5. The Bertz CT molecular complexity index is 628. The second-order valence-electron chi connectivity index (χ2n) is 8.72. The molecule has 0 heterocycles. The van der Waals surface area contributed by atoms with Crippen LogP contribution in [0.25, 0.3) is 0 Å². The molecule has 0 spiro atoms. The zero-order chi connectivity index (χ0) is 20.0. The van der Waals surface area contributed by atoms with E-state index in [0.717, 1.165) is 11.3 Å². The number of ether oxygens (including phenoxy) is 1. The molecule has 0 atom stereocenters. The van der Waals surface area contributed by atoms with Crippen LogP contribution in [0.1, 0.15) is 58.9 Å². The highest BCUT2D eigenvalue weighted by Gasteiger charge is 2.30. The largest absolute Gasteiger partial charge is 0.493 e. The van der Waals surface area contributed by atoms with Crippen LogP contribution in [0.15, 0.2) is 24.3 Å². The predicted octanol–water partition coefficient (Wildman–Crippen LogP) is 4.01. The van der Waals surface area contributed by atoms with Crippen LogP contribution in [0.5, 0.6) is 5.75 Å². The van der Waals surface area contributed by atoms with Gasteiger partial charge in [0.2, 0.25) is 5.91 Å². The summed E-state index contributed by atoms with van der Waals surface area (Å²) < 4.78 is 5.73. The summed E-state index contributed by atoms with van der Waals surface area (Å²) in [6.45, 7) is 9.71. The number of carbonyl (C=O) groups is 2. The van der Waals surface area contributed by atoms with E-state index in [1.54, 1.807) is 0 Å². The van der Waals surface area contributed by atoms with Gasteiger partial charge in [0.25, 0.3) is 0 Å². The van der Waals surface area contributed by atoms with E-state index in [1.807, 2.05) is 12.1 Å². The van der Waals surface area contributed by atoms with Crippen molar-refractivity contribution in [3.8, 4) is 5.75 Å². The molecule has 0 aliphatic heterocycles. The Morgan fingerprint density at radius 3 is 2.19 bits per heavy atom. The van der Waals surface area contributed by atoms with Crippen molar-refractivity contribution in [3.63, 3.8) is 0 Å². The van der Waals surface area contributed by atoms with Crippen LogP contribution < -0.4 is 10.1 Å². The lowest BCUT2D eigenvalue weighted by molar-refractivity contribution is -0.144. The Morgan fingerprint density at radius 2 is 1.67 bits per heavy atom. The molecule has 5 nitrogen and oxygen atoms in total. The number of benzene rings is 1. The molecule has 5 heteroatoms. The van der Waals surface area contributed by atoms with Crippen molar-refractivity contribution in [1.82, 2.24) is 5.32 Å². The van der Waals surface area contributed by atoms with Gasteiger partial charge in [-0.3, -0.25) is 9.59 Å². The van der Waals surface area contributed by atoms with Gasteiger partial charge in [-0.2, -0.15) is 0 Å². The van der Waals surface area contributed by atoms with Crippen molar-refractivity contribution in [3.05, 3.63) is 29.8 Å². The van der Waals surface area contributed by atoms with Crippen LogP contribution in [0, 0.1) is 17.8 Å². The van der Waals surface area contributed by atoms with E-state index in [9.17, 15) is 9.59 Å². The number of hydrogen-bond donors (Lipinski definition) is 2. The molecular formula is C22H33NO4. The number of rotatable bonds is 8. The molecule has 0 aromatic heterocycles. The minimum atomic E-state index is -0.740. The lowest BCUT2D eigenvalue weighted by atomic mass is 9.81. The van der Waals surface area contributed by atoms with E-state index in [-0.39, 0.29) is 23.2 Å². The van der Waals surface area contributed by atoms with Crippen LogP contribution in [-0.4, -0.2) is 30.1 Å². The zero-order valence-corrected chi connectivity index (χ0v) is 17.0. The third-order valence-electron chi connectivity index (χ3n) is 5.37. The second-order valence-corrected chi connectivity index (χ2v) is 8.72. The third kappa shape index (κ3) is 6.26. The first-order valence-electron chi connectivity index (χ1n) is 9.93. The molecule has 2 rings (SSSR count). The number of carbonyl (C=O) groups excluding carboxylic acids is 1. The predicted molar refractivity (Wildman–Crippen MR) is 106 cm³/mol. The summed E-state index contributed by atoms with van der Waals surface area (Å²) >= 11 is 0. The minimum Gasteiger partial charge on any atom is -0.493 e. The molecule has 0 bridgehead atoms. The molecular weight excluding hydrogens is 342 g/mol. The van der Waals surface area contributed by atoms with Gasteiger partial charge in [-0.15, -0.1) is 0 Å². The van der Waals surface area contributed by atoms with Crippen molar-refractivity contribution in [2.45, 2.75) is 58.8 Å². The van der Waals surface area contributed by atoms with Gasteiger partial charge < -0.3 is 15.2 Å². The Hall–Kier alpha value is -2.04. The van der Waals surface area contributed by atoms with Crippen LogP contribution in [-0.2, 0) is 15.0 Å². The lowest BCUT2D eigenvalue weighted by Crippen LogP contribution is -2.41. The third-order valence-corrected chi connectivity index (χ3v) is 5.37. The molecule has 1 aromatic rings. The quantitative estimate of drug-likeness (QED) is 0.720. The first kappa shape index (κ1) is 21.3. The van der Waals surface area contributed by atoms with E-state index in [0.29, 0.717) is 44.8 Å². The first-order valence-corrected chi connectivity index (χ1v) is 9.93. The summed E-state index contributed by atoms with van der Waals surface area (Å²) in [5.74, 6) is 0.300. The molecule has 1 saturated carbocycles.